The summed E-state index contributed by atoms with van der Waals surface area (Å²) in [6.07, 6.45) is 0. The van der Waals surface area contributed by atoms with Gasteiger partial charge in [-0.25, -0.2) is 9.97 Å². The second-order valence-electron chi connectivity index (χ2n) is 4.36. The molecule has 0 unspecified atom stereocenters. The summed E-state index contributed by atoms with van der Waals surface area (Å²) in [5, 5.41) is 9.86. The van der Waals surface area contributed by atoms with Crippen LogP contribution in [0.15, 0.2) is 48.5 Å². The minimum atomic E-state index is 0.326. The van der Waals surface area contributed by atoms with Crippen LogP contribution in [0.5, 0.6) is 11.6 Å². The van der Waals surface area contributed by atoms with Crippen LogP contribution >= 0.6 is 0 Å². The summed E-state index contributed by atoms with van der Waals surface area (Å²) in [6.45, 7) is 1.94. The molecule has 2 heterocycles. The molecule has 0 aliphatic carbocycles. The second kappa shape index (κ2) is 4.98. The molecule has 4 nitrogen and oxygen atoms in total. The molecule has 3 rings (SSSR count). The zero-order chi connectivity index (χ0) is 13.9. The van der Waals surface area contributed by atoms with Crippen molar-refractivity contribution in [1.29, 1.82) is 5.26 Å². The Morgan fingerprint density at radius 1 is 1.00 bits per heavy atom. The van der Waals surface area contributed by atoms with Crippen molar-refractivity contribution in [3.8, 4) is 17.7 Å². The topological polar surface area (TPSA) is 58.8 Å². The van der Waals surface area contributed by atoms with Gasteiger partial charge < -0.3 is 4.74 Å². The molecule has 0 saturated carbocycles. The molecule has 20 heavy (non-hydrogen) atoms. The van der Waals surface area contributed by atoms with Gasteiger partial charge in [0.1, 0.15) is 17.3 Å². The highest BCUT2D eigenvalue weighted by atomic mass is 16.5. The molecular weight excluding hydrogens is 250 g/mol. The molecule has 0 fully saturated rings. The maximum absolute atomic E-state index is 8.86. The van der Waals surface area contributed by atoms with Crippen molar-refractivity contribution in [3.63, 3.8) is 0 Å². The van der Waals surface area contributed by atoms with Gasteiger partial charge in [0.05, 0.1) is 0 Å². The third kappa shape index (κ3) is 2.29. The first-order valence-corrected chi connectivity index (χ1v) is 6.17. The van der Waals surface area contributed by atoms with E-state index in [9.17, 15) is 0 Å². The molecule has 0 bridgehead atoms. The zero-order valence-corrected chi connectivity index (χ0v) is 10.9. The fourth-order valence-corrected chi connectivity index (χ4v) is 1.95. The van der Waals surface area contributed by atoms with Crippen molar-refractivity contribution in [2.45, 2.75) is 6.92 Å². The molecule has 96 valence electrons. The monoisotopic (exact) mass is 261 g/mol. The fraction of sp³-hybridized carbons (Fsp3) is 0.0625. The normalized spacial score (nSPS) is 10.2. The summed E-state index contributed by atoms with van der Waals surface area (Å²) in [6, 6.07) is 16.8. The lowest BCUT2D eigenvalue weighted by Crippen LogP contribution is -1.92. The molecular formula is C16H11N3O. The first-order valence-electron chi connectivity index (χ1n) is 6.17. The number of hydrogen-bond acceptors (Lipinski definition) is 4. The van der Waals surface area contributed by atoms with E-state index in [2.05, 4.69) is 9.97 Å². The van der Waals surface area contributed by atoms with Gasteiger partial charge in [0.25, 0.3) is 0 Å². The summed E-state index contributed by atoms with van der Waals surface area (Å²) in [5.74, 6) is 1.02. The lowest BCUT2D eigenvalue weighted by Gasteiger charge is -2.08. The SMILES string of the molecule is Cc1ccc2cccc(Oc3cccc(C#N)n3)c2n1. The Labute approximate surface area is 116 Å². The summed E-state index contributed by atoms with van der Waals surface area (Å²) in [5.41, 5.74) is 2.04. The van der Waals surface area contributed by atoms with Crippen molar-refractivity contribution >= 4 is 10.9 Å². The first kappa shape index (κ1) is 12.1. The number of ether oxygens (including phenoxy) is 1. The second-order valence-corrected chi connectivity index (χ2v) is 4.36. The van der Waals surface area contributed by atoms with E-state index in [1.165, 1.54) is 0 Å². The van der Waals surface area contributed by atoms with Crippen molar-refractivity contribution in [1.82, 2.24) is 9.97 Å². The Morgan fingerprint density at radius 2 is 1.85 bits per heavy atom. The average Bonchev–Trinajstić information content (AvgIpc) is 2.48. The van der Waals surface area contributed by atoms with Crippen molar-refractivity contribution in [2.75, 3.05) is 0 Å². The van der Waals surface area contributed by atoms with Gasteiger partial charge in [-0.2, -0.15) is 5.26 Å². The quantitative estimate of drug-likeness (QED) is 0.707. The Kier molecular flexibility index (Phi) is 3.02. The van der Waals surface area contributed by atoms with Gasteiger partial charge in [-0.05, 0) is 25.1 Å². The van der Waals surface area contributed by atoms with E-state index in [4.69, 9.17) is 10.00 Å². The largest absolute Gasteiger partial charge is 0.437 e. The Balaban J connectivity index is 2.06. The smallest absolute Gasteiger partial charge is 0.220 e. The van der Waals surface area contributed by atoms with Gasteiger partial charge in [0.15, 0.2) is 5.75 Å². The van der Waals surface area contributed by atoms with Crippen LogP contribution < -0.4 is 4.74 Å². The van der Waals surface area contributed by atoms with Crippen LogP contribution in [0.25, 0.3) is 10.9 Å². The Hall–Kier alpha value is -2.93. The number of hydrogen-bond donors (Lipinski definition) is 0. The van der Waals surface area contributed by atoms with Crippen LogP contribution in [0.3, 0.4) is 0 Å². The molecule has 2 aromatic heterocycles. The highest BCUT2D eigenvalue weighted by Crippen LogP contribution is 2.27. The highest BCUT2D eigenvalue weighted by Gasteiger charge is 2.06. The molecule has 0 amide bonds. The number of nitriles is 1. The van der Waals surface area contributed by atoms with Crippen LogP contribution in [0.4, 0.5) is 0 Å². The van der Waals surface area contributed by atoms with Gasteiger partial charge >= 0.3 is 0 Å². The average molecular weight is 261 g/mol. The van der Waals surface area contributed by atoms with Gasteiger partial charge in [0.2, 0.25) is 5.88 Å². The number of para-hydroxylation sites is 1. The van der Waals surface area contributed by atoms with Crippen LogP contribution in [-0.2, 0) is 0 Å². The number of nitrogens with zero attached hydrogens (tertiary/aromatic N) is 3. The van der Waals surface area contributed by atoms with E-state index in [-0.39, 0.29) is 0 Å². The molecule has 0 spiro atoms. The van der Waals surface area contributed by atoms with Crippen molar-refractivity contribution in [2.24, 2.45) is 0 Å². The maximum atomic E-state index is 8.86. The van der Waals surface area contributed by atoms with E-state index in [0.717, 1.165) is 16.6 Å². The predicted molar refractivity (Wildman–Crippen MR) is 75.5 cm³/mol. The predicted octanol–water partition coefficient (Wildman–Crippen LogP) is 3.60. The minimum absolute atomic E-state index is 0.326. The lowest BCUT2D eigenvalue weighted by atomic mass is 10.2. The molecule has 1 aromatic carbocycles. The van der Waals surface area contributed by atoms with Gasteiger partial charge in [-0.15, -0.1) is 0 Å². The molecule has 0 atom stereocenters. The van der Waals surface area contributed by atoms with Gasteiger partial charge in [-0.1, -0.05) is 24.3 Å². The summed E-state index contributed by atoms with van der Waals surface area (Å²) >= 11 is 0. The number of aryl methyl sites for hydroxylation is 1. The van der Waals surface area contributed by atoms with Crippen molar-refractivity contribution in [3.05, 3.63) is 59.9 Å². The first-order chi connectivity index (χ1) is 9.76. The zero-order valence-electron chi connectivity index (χ0n) is 10.9. The maximum Gasteiger partial charge on any atom is 0.220 e. The molecule has 0 N–H and O–H groups in total. The van der Waals surface area contributed by atoms with E-state index in [1.54, 1.807) is 18.2 Å². The Bertz CT molecular complexity index is 821. The van der Waals surface area contributed by atoms with Crippen LogP contribution in [0.1, 0.15) is 11.4 Å². The van der Waals surface area contributed by atoms with Gasteiger partial charge in [-0.3, -0.25) is 0 Å². The molecule has 0 aliphatic heterocycles. The van der Waals surface area contributed by atoms with E-state index >= 15 is 0 Å². The summed E-state index contributed by atoms with van der Waals surface area (Å²) in [7, 11) is 0. The number of benzene rings is 1. The molecule has 3 aromatic rings. The van der Waals surface area contributed by atoms with E-state index in [0.29, 0.717) is 17.3 Å². The standard InChI is InChI=1S/C16H11N3O/c1-11-8-9-12-4-2-6-14(16(12)18-11)20-15-7-3-5-13(10-17)19-15/h2-9H,1H3. The number of aromatic nitrogens is 2. The minimum Gasteiger partial charge on any atom is -0.437 e. The number of rotatable bonds is 2. The van der Waals surface area contributed by atoms with Crippen molar-refractivity contribution < 1.29 is 4.74 Å². The summed E-state index contributed by atoms with van der Waals surface area (Å²) < 4.78 is 5.76. The molecule has 0 aliphatic rings. The number of fused-ring (bicyclic) bond motifs is 1. The summed E-state index contributed by atoms with van der Waals surface area (Å²) in [4.78, 5) is 8.60. The third-order valence-corrected chi connectivity index (χ3v) is 2.88. The molecule has 4 heteroatoms. The lowest BCUT2D eigenvalue weighted by molar-refractivity contribution is 0.466. The van der Waals surface area contributed by atoms with E-state index < -0.39 is 0 Å². The van der Waals surface area contributed by atoms with Crippen LogP contribution in [0.2, 0.25) is 0 Å². The fourth-order valence-electron chi connectivity index (χ4n) is 1.95. The van der Waals surface area contributed by atoms with E-state index in [1.807, 2.05) is 43.3 Å². The van der Waals surface area contributed by atoms with Crippen LogP contribution in [-0.4, -0.2) is 9.97 Å². The molecule has 0 radical (unpaired) electrons. The Morgan fingerprint density at radius 3 is 2.70 bits per heavy atom. The number of pyridine rings is 2. The third-order valence-electron chi connectivity index (χ3n) is 2.88. The van der Waals surface area contributed by atoms with Gasteiger partial charge in [0, 0.05) is 17.1 Å². The highest BCUT2D eigenvalue weighted by molar-refractivity contribution is 5.84. The molecule has 0 saturated heterocycles. The van der Waals surface area contributed by atoms with Crippen LogP contribution in [0, 0.1) is 18.3 Å².